The minimum atomic E-state index is -0.307. The van der Waals surface area contributed by atoms with Crippen molar-refractivity contribution in [3.63, 3.8) is 0 Å². The van der Waals surface area contributed by atoms with Gasteiger partial charge in [-0.1, -0.05) is 38.1 Å². The second kappa shape index (κ2) is 8.07. The summed E-state index contributed by atoms with van der Waals surface area (Å²) < 4.78 is 17.4. The Hall–Kier alpha value is -2.79. The molecule has 0 spiro atoms. The molecule has 0 radical (unpaired) electrons. The molecule has 0 bridgehead atoms. The Morgan fingerprint density at radius 1 is 1.07 bits per heavy atom. The number of benzene rings is 2. The monoisotopic (exact) mass is 379 g/mol. The summed E-state index contributed by atoms with van der Waals surface area (Å²) in [5.41, 5.74) is 2.49. The molecule has 0 aliphatic carbocycles. The molecule has 2 heterocycles. The molecule has 0 amide bonds. The summed E-state index contributed by atoms with van der Waals surface area (Å²) in [5, 5.41) is 0.987. The third kappa shape index (κ3) is 3.90. The number of ether oxygens (including phenoxy) is 2. The minimum Gasteiger partial charge on any atom is -0.486 e. The summed E-state index contributed by atoms with van der Waals surface area (Å²) in [4.78, 5) is 14.3. The van der Waals surface area contributed by atoms with Gasteiger partial charge in [-0.3, -0.25) is 4.90 Å². The van der Waals surface area contributed by atoms with E-state index >= 15 is 0 Å². The van der Waals surface area contributed by atoms with E-state index in [1.165, 1.54) is 0 Å². The van der Waals surface area contributed by atoms with Gasteiger partial charge in [-0.15, -0.1) is 0 Å². The summed E-state index contributed by atoms with van der Waals surface area (Å²) in [6.07, 6.45) is 0.860. The summed E-state index contributed by atoms with van der Waals surface area (Å²) in [6.45, 7) is 6.94. The smallest absolute Gasteiger partial charge is 0.336 e. The zero-order valence-corrected chi connectivity index (χ0v) is 16.3. The van der Waals surface area contributed by atoms with E-state index in [1.807, 2.05) is 30.3 Å². The molecule has 0 saturated carbocycles. The lowest BCUT2D eigenvalue weighted by atomic mass is 10.1. The Labute approximate surface area is 164 Å². The third-order valence-electron chi connectivity index (χ3n) is 5.17. The molecule has 5 nitrogen and oxygen atoms in total. The lowest BCUT2D eigenvalue weighted by molar-refractivity contribution is 0.0581. The first-order chi connectivity index (χ1) is 13.7. The summed E-state index contributed by atoms with van der Waals surface area (Å²) in [6, 6.07) is 15.4. The van der Waals surface area contributed by atoms with Gasteiger partial charge in [0.05, 0.1) is 0 Å². The van der Waals surface area contributed by atoms with Gasteiger partial charge in [0.1, 0.15) is 18.3 Å². The maximum absolute atomic E-state index is 12.1. The molecule has 1 aliphatic heterocycles. The van der Waals surface area contributed by atoms with Crippen molar-refractivity contribution in [1.82, 2.24) is 4.90 Å². The number of para-hydroxylation sites is 2. The van der Waals surface area contributed by atoms with Crippen LogP contribution >= 0.6 is 0 Å². The molecule has 1 aromatic heterocycles. The van der Waals surface area contributed by atoms with E-state index in [4.69, 9.17) is 13.9 Å². The normalized spacial score (nSPS) is 15.9. The van der Waals surface area contributed by atoms with Crippen molar-refractivity contribution < 1.29 is 13.9 Å². The van der Waals surface area contributed by atoms with E-state index in [0.717, 1.165) is 47.5 Å². The first-order valence-corrected chi connectivity index (χ1v) is 9.82. The van der Waals surface area contributed by atoms with Crippen LogP contribution in [-0.4, -0.2) is 30.7 Å². The SMILES string of the molecule is CCc1ccc2c(CN(CC)C[C@@H]3COc4ccccc4O3)cc(=O)oc2c1. The van der Waals surface area contributed by atoms with Crippen LogP contribution in [0.2, 0.25) is 0 Å². The van der Waals surface area contributed by atoms with Crippen molar-refractivity contribution >= 4 is 11.0 Å². The van der Waals surface area contributed by atoms with Crippen molar-refractivity contribution in [3.05, 3.63) is 70.1 Å². The second-order valence-electron chi connectivity index (χ2n) is 7.10. The van der Waals surface area contributed by atoms with Crippen molar-refractivity contribution in [2.24, 2.45) is 0 Å². The van der Waals surface area contributed by atoms with E-state index in [-0.39, 0.29) is 11.7 Å². The van der Waals surface area contributed by atoms with Crippen LogP contribution in [0, 0.1) is 0 Å². The van der Waals surface area contributed by atoms with Crippen LogP contribution in [0.5, 0.6) is 11.5 Å². The van der Waals surface area contributed by atoms with Gasteiger partial charge in [0.15, 0.2) is 11.5 Å². The van der Waals surface area contributed by atoms with Gasteiger partial charge in [-0.2, -0.15) is 0 Å². The van der Waals surface area contributed by atoms with Crippen LogP contribution in [0.3, 0.4) is 0 Å². The topological polar surface area (TPSA) is 51.9 Å². The standard InChI is InChI=1S/C23H25NO4/c1-3-16-9-10-19-17(12-23(25)28-22(19)11-16)13-24(4-2)14-18-15-26-20-7-5-6-8-21(20)27-18/h5-12,18H,3-4,13-15H2,1-2H3/t18-/m1/s1. The van der Waals surface area contributed by atoms with Gasteiger partial charge in [0.25, 0.3) is 0 Å². The molecule has 1 atom stereocenters. The molecule has 0 saturated heterocycles. The Morgan fingerprint density at radius 2 is 1.89 bits per heavy atom. The van der Waals surface area contributed by atoms with Crippen molar-refractivity contribution in [2.45, 2.75) is 32.9 Å². The van der Waals surface area contributed by atoms with Gasteiger partial charge in [-0.25, -0.2) is 4.79 Å². The lowest BCUT2D eigenvalue weighted by Crippen LogP contribution is -2.40. The first-order valence-electron chi connectivity index (χ1n) is 9.82. The van der Waals surface area contributed by atoms with E-state index in [9.17, 15) is 4.79 Å². The molecule has 3 aromatic rings. The Bertz CT molecular complexity index is 1030. The number of hydrogen-bond acceptors (Lipinski definition) is 5. The maximum Gasteiger partial charge on any atom is 0.336 e. The second-order valence-corrected chi connectivity index (χ2v) is 7.10. The number of hydrogen-bond donors (Lipinski definition) is 0. The fourth-order valence-electron chi connectivity index (χ4n) is 3.61. The number of rotatable bonds is 6. The van der Waals surface area contributed by atoms with Gasteiger partial charge >= 0.3 is 5.63 Å². The van der Waals surface area contributed by atoms with Gasteiger partial charge in [-0.05, 0) is 42.3 Å². The van der Waals surface area contributed by atoms with Crippen LogP contribution in [0.15, 0.2) is 57.7 Å². The van der Waals surface area contributed by atoms with Crippen LogP contribution < -0.4 is 15.1 Å². The quantitative estimate of drug-likeness (QED) is 0.606. The fourth-order valence-corrected chi connectivity index (χ4v) is 3.61. The highest BCUT2D eigenvalue weighted by Crippen LogP contribution is 2.31. The average molecular weight is 379 g/mol. The van der Waals surface area contributed by atoms with Crippen molar-refractivity contribution in [3.8, 4) is 11.5 Å². The zero-order chi connectivity index (χ0) is 19.5. The maximum atomic E-state index is 12.1. The zero-order valence-electron chi connectivity index (χ0n) is 16.3. The predicted molar refractivity (Wildman–Crippen MR) is 109 cm³/mol. The van der Waals surface area contributed by atoms with Crippen LogP contribution in [0.4, 0.5) is 0 Å². The van der Waals surface area contributed by atoms with Crippen LogP contribution in [0.25, 0.3) is 11.0 Å². The molecule has 0 unspecified atom stereocenters. The largest absolute Gasteiger partial charge is 0.486 e. The highest BCUT2D eigenvalue weighted by Gasteiger charge is 2.23. The predicted octanol–water partition coefficient (Wildman–Crippen LogP) is 4.02. The highest BCUT2D eigenvalue weighted by molar-refractivity contribution is 5.80. The molecule has 0 N–H and O–H groups in total. The molecule has 28 heavy (non-hydrogen) atoms. The number of aryl methyl sites for hydroxylation is 1. The van der Waals surface area contributed by atoms with Crippen molar-refractivity contribution in [2.75, 3.05) is 19.7 Å². The number of nitrogens with zero attached hydrogens (tertiary/aromatic N) is 1. The molecule has 2 aromatic carbocycles. The first kappa shape index (κ1) is 18.6. The summed E-state index contributed by atoms with van der Waals surface area (Å²) in [5.74, 6) is 1.58. The van der Waals surface area contributed by atoms with Crippen molar-refractivity contribution in [1.29, 1.82) is 0 Å². The molecule has 1 aliphatic rings. The lowest BCUT2D eigenvalue weighted by Gasteiger charge is -2.31. The van der Waals surface area contributed by atoms with Gasteiger partial charge in [0.2, 0.25) is 0 Å². The summed E-state index contributed by atoms with van der Waals surface area (Å²) in [7, 11) is 0. The fraction of sp³-hybridized carbons (Fsp3) is 0.348. The third-order valence-corrected chi connectivity index (χ3v) is 5.17. The molecule has 146 valence electrons. The van der Waals surface area contributed by atoms with E-state index in [0.29, 0.717) is 18.7 Å². The number of likely N-dealkylation sites (N-methyl/N-ethyl adjacent to an activating group) is 1. The van der Waals surface area contributed by atoms with E-state index in [2.05, 4.69) is 30.9 Å². The van der Waals surface area contributed by atoms with Crippen LogP contribution in [0.1, 0.15) is 25.0 Å². The van der Waals surface area contributed by atoms with Gasteiger partial charge < -0.3 is 13.9 Å². The van der Waals surface area contributed by atoms with E-state index < -0.39 is 0 Å². The van der Waals surface area contributed by atoms with Gasteiger partial charge in [0, 0.05) is 24.5 Å². The Morgan fingerprint density at radius 3 is 2.68 bits per heavy atom. The minimum absolute atomic E-state index is 0.0482. The highest BCUT2D eigenvalue weighted by atomic mass is 16.6. The molecular formula is C23H25NO4. The van der Waals surface area contributed by atoms with Crippen LogP contribution in [-0.2, 0) is 13.0 Å². The summed E-state index contributed by atoms with van der Waals surface area (Å²) >= 11 is 0. The Balaban J connectivity index is 1.53. The number of fused-ring (bicyclic) bond motifs is 2. The molecular weight excluding hydrogens is 354 g/mol. The molecule has 5 heteroatoms. The Kier molecular flexibility index (Phi) is 5.35. The van der Waals surface area contributed by atoms with E-state index in [1.54, 1.807) is 6.07 Å². The average Bonchev–Trinajstić information content (AvgIpc) is 2.72. The molecule has 4 rings (SSSR count). The molecule has 0 fully saturated rings.